The number of phenolic OH excluding ortho intramolecular Hbond substituents is 1. The molecule has 5 aliphatic carbocycles. The molecule has 1 aromatic rings. The van der Waals surface area contributed by atoms with Crippen molar-refractivity contribution in [2.45, 2.75) is 68.2 Å². The Bertz CT molecular complexity index is 1450. The molecular formula is C29H30O12. The number of aromatic hydroxyl groups is 1. The van der Waals surface area contributed by atoms with Gasteiger partial charge in [-0.2, -0.15) is 0 Å². The molecule has 5 atom stereocenters. The molecule has 218 valence electrons. The van der Waals surface area contributed by atoms with E-state index in [0.717, 1.165) is 25.7 Å². The number of aliphatic hydroxyl groups is 4. The summed E-state index contributed by atoms with van der Waals surface area (Å²) in [6.45, 7) is -0.590. The fraction of sp³-hybridized carbons (Fsp3) is 0.517. The molecule has 12 heteroatoms. The number of fused-ring (bicyclic) bond motifs is 3. The summed E-state index contributed by atoms with van der Waals surface area (Å²) in [7, 11) is 0. The molecule has 6 rings (SSSR count). The topological polar surface area (TPSA) is 208 Å². The zero-order chi connectivity index (χ0) is 29.5. The van der Waals surface area contributed by atoms with Crippen molar-refractivity contribution < 1.29 is 59.3 Å². The van der Waals surface area contributed by atoms with E-state index in [9.17, 15) is 49.8 Å². The molecule has 0 aliphatic heterocycles. The van der Waals surface area contributed by atoms with Gasteiger partial charge in [-0.25, -0.2) is 4.79 Å². The highest BCUT2D eigenvalue weighted by Crippen LogP contribution is 2.78. The summed E-state index contributed by atoms with van der Waals surface area (Å²) in [5.74, 6) is -9.23. The van der Waals surface area contributed by atoms with Gasteiger partial charge in [0.2, 0.25) is 5.78 Å². The van der Waals surface area contributed by atoms with Gasteiger partial charge in [0.25, 0.3) is 0 Å². The lowest BCUT2D eigenvalue weighted by Crippen LogP contribution is -2.66. The molecule has 0 aromatic heterocycles. The minimum Gasteiger partial charge on any atom is -0.508 e. The predicted molar refractivity (Wildman–Crippen MR) is 137 cm³/mol. The predicted octanol–water partition coefficient (Wildman–Crippen LogP) is 1.36. The minimum absolute atomic E-state index is 0.00643. The van der Waals surface area contributed by atoms with Crippen LogP contribution in [-0.4, -0.2) is 85.2 Å². The quantitative estimate of drug-likeness (QED) is 0.203. The first-order valence-corrected chi connectivity index (χ1v) is 13.6. The largest absolute Gasteiger partial charge is 0.508 e. The maximum absolute atomic E-state index is 14.3. The van der Waals surface area contributed by atoms with Gasteiger partial charge in [0.05, 0.1) is 42.3 Å². The summed E-state index contributed by atoms with van der Waals surface area (Å²) in [6, 6.07) is 4.51. The smallest absolute Gasteiger partial charge is 0.342 e. The highest BCUT2D eigenvalue weighted by Gasteiger charge is 2.84. The number of aliphatic carboxylic acids is 1. The number of carboxylic acids is 1. The van der Waals surface area contributed by atoms with E-state index in [2.05, 4.69) is 0 Å². The van der Waals surface area contributed by atoms with Crippen molar-refractivity contribution in [3.8, 4) is 5.75 Å². The number of esters is 1. The number of ether oxygens (including phenoxy) is 2. The van der Waals surface area contributed by atoms with Crippen LogP contribution in [0, 0.1) is 11.3 Å². The molecule has 0 amide bonds. The molecule has 0 bridgehead atoms. The second kappa shape index (κ2) is 9.13. The van der Waals surface area contributed by atoms with Crippen molar-refractivity contribution in [1.29, 1.82) is 0 Å². The molecule has 0 radical (unpaired) electrons. The van der Waals surface area contributed by atoms with Crippen LogP contribution in [0.1, 0.15) is 56.1 Å². The lowest BCUT2D eigenvalue weighted by molar-refractivity contribution is -0.182. The van der Waals surface area contributed by atoms with Gasteiger partial charge in [-0.05, 0) is 30.9 Å². The number of carbonyl (C=O) groups is 4. The highest BCUT2D eigenvalue weighted by atomic mass is 16.5. The van der Waals surface area contributed by atoms with E-state index in [1.165, 1.54) is 6.07 Å². The SMILES string of the molecule is O=C(CCO)O[C@@H]1[C@H]2CC(=O)C(C(=O)O)=C(O)[C@@]2(O)C(=O)C2=C(O)c3c(O)cccc3C3(COC4CCCC4)C[C@@]213. The average molecular weight is 571 g/mol. The van der Waals surface area contributed by atoms with Crippen LogP contribution in [0.15, 0.2) is 35.1 Å². The molecule has 1 unspecified atom stereocenters. The van der Waals surface area contributed by atoms with Crippen LogP contribution in [0.4, 0.5) is 0 Å². The van der Waals surface area contributed by atoms with E-state index >= 15 is 0 Å². The van der Waals surface area contributed by atoms with E-state index in [1.807, 2.05) is 0 Å². The van der Waals surface area contributed by atoms with Gasteiger partial charge in [-0.15, -0.1) is 0 Å². The Morgan fingerprint density at radius 1 is 1.07 bits per heavy atom. The zero-order valence-corrected chi connectivity index (χ0v) is 22.0. The number of Topliss-reactive ketones (excluding diaryl/α,β-unsaturated/α-hetero) is 2. The number of phenols is 1. The van der Waals surface area contributed by atoms with Crippen LogP contribution in [0.3, 0.4) is 0 Å². The molecule has 6 N–H and O–H groups in total. The number of ketones is 2. The Labute approximate surface area is 233 Å². The molecule has 0 heterocycles. The van der Waals surface area contributed by atoms with Crippen molar-refractivity contribution in [2.24, 2.45) is 11.3 Å². The Morgan fingerprint density at radius 2 is 1.78 bits per heavy atom. The van der Waals surface area contributed by atoms with Crippen LogP contribution in [0.5, 0.6) is 5.75 Å². The number of hydrogen-bond acceptors (Lipinski definition) is 11. The maximum Gasteiger partial charge on any atom is 0.342 e. The fourth-order valence-corrected chi connectivity index (χ4v) is 7.80. The summed E-state index contributed by atoms with van der Waals surface area (Å²) in [5, 5.41) is 64.1. The highest BCUT2D eigenvalue weighted by molar-refractivity contribution is 6.22. The van der Waals surface area contributed by atoms with E-state index in [-0.39, 0.29) is 30.4 Å². The number of aliphatic hydroxyl groups excluding tert-OH is 3. The molecule has 1 aromatic carbocycles. The number of hydrogen-bond donors (Lipinski definition) is 6. The molecule has 3 saturated carbocycles. The van der Waals surface area contributed by atoms with Gasteiger partial charge in [0.1, 0.15) is 23.2 Å². The fourth-order valence-electron chi connectivity index (χ4n) is 7.80. The van der Waals surface area contributed by atoms with Gasteiger partial charge >= 0.3 is 11.9 Å². The summed E-state index contributed by atoms with van der Waals surface area (Å²) in [5.41, 5.74) is -7.03. The molecule has 5 aliphatic rings. The first-order chi connectivity index (χ1) is 19.5. The normalized spacial score (nSPS) is 34.1. The van der Waals surface area contributed by atoms with E-state index in [1.54, 1.807) is 12.1 Å². The third kappa shape index (κ3) is 3.44. The second-order valence-electron chi connectivity index (χ2n) is 11.6. The summed E-state index contributed by atoms with van der Waals surface area (Å²) < 4.78 is 12.1. The lowest BCUT2D eigenvalue weighted by Gasteiger charge is -2.52. The van der Waals surface area contributed by atoms with Crippen molar-refractivity contribution in [2.75, 3.05) is 13.2 Å². The molecule has 12 nitrogen and oxygen atoms in total. The monoisotopic (exact) mass is 570 g/mol. The Kier molecular flexibility index (Phi) is 6.11. The first kappa shape index (κ1) is 27.4. The van der Waals surface area contributed by atoms with Crippen LogP contribution in [-0.2, 0) is 34.1 Å². The van der Waals surface area contributed by atoms with Gasteiger partial charge in [0, 0.05) is 17.8 Å². The van der Waals surface area contributed by atoms with Crippen molar-refractivity contribution in [3.05, 3.63) is 46.2 Å². The molecular weight excluding hydrogens is 540 g/mol. The molecule has 1 spiro atoms. The molecule has 0 saturated heterocycles. The third-order valence-electron chi connectivity index (χ3n) is 9.69. The van der Waals surface area contributed by atoms with Crippen LogP contribution in [0.2, 0.25) is 0 Å². The van der Waals surface area contributed by atoms with Gasteiger partial charge in [-0.3, -0.25) is 14.4 Å². The van der Waals surface area contributed by atoms with E-state index < -0.39 is 94.1 Å². The lowest BCUT2D eigenvalue weighted by atomic mass is 9.55. The summed E-state index contributed by atoms with van der Waals surface area (Å²) in [4.78, 5) is 51.9. The number of rotatable bonds is 7. The molecule has 3 fully saturated rings. The van der Waals surface area contributed by atoms with Gasteiger partial charge in [0.15, 0.2) is 17.1 Å². The number of carbonyl (C=O) groups excluding carboxylic acids is 3. The van der Waals surface area contributed by atoms with E-state index in [4.69, 9.17) is 9.47 Å². The summed E-state index contributed by atoms with van der Waals surface area (Å²) >= 11 is 0. The standard InChI is InChI=1S/C29H30O12/c30-9-8-18(33)41-25-15-10-17(32)20(26(37)38)23(35)29(15,39)24(36)21-22(34)19-14(6-3-7-16(19)31)27(11-28(21,25)27)12-40-13-4-1-2-5-13/h3,6-7,13,15,25,30-31,34-35,39H,1-2,4-5,8-12H2,(H,37,38)/t15-,25-,27?,28-,29-/m1/s1. The van der Waals surface area contributed by atoms with Crippen molar-refractivity contribution >= 4 is 29.3 Å². The van der Waals surface area contributed by atoms with Crippen molar-refractivity contribution in [3.63, 3.8) is 0 Å². The number of benzene rings is 1. The number of carboxylic acid groups (broad SMARTS) is 1. The first-order valence-electron chi connectivity index (χ1n) is 13.6. The minimum atomic E-state index is -3.04. The Morgan fingerprint density at radius 3 is 2.44 bits per heavy atom. The van der Waals surface area contributed by atoms with Crippen molar-refractivity contribution in [1.82, 2.24) is 0 Å². The van der Waals surface area contributed by atoms with Gasteiger partial charge < -0.3 is 40.1 Å². The Hall–Kier alpha value is -3.74. The average Bonchev–Trinajstić information content (AvgIpc) is 3.29. The maximum atomic E-state index is 14.3. The van der Waals surface area contributed by atoms with Gasteiger partial charge in [-0.1, -0.05) is 25.0 Å². The van der Waals surface area contributed by atoms with Crippen LogP contribution >= 0.6 is 0 Å². The van der Waals surface area contributed by atoms with E-state index in [0.29, 0.717) is 5.56 Å². The Balaban J connectivity index is 1.61. The van der Waals surface area contributed by atoms with Crippen LogP contribution < -0.4 is 0 Å². The second-order valence-corrected chi connectivity index (χ2v) is 11.6. The summed E-state index contributed by atoms with van der Waals surface area (Å²) in [6.07, 6.45) is 0.799. The molecule has 41 heavy (non-hydrogen) atoms. The zero-order valence-electron chi connectivity index (χ0n) is 22.0. The van der Waals surface area contributed by atoms with Crippen LogP contribution in [0.25, 0.3) is 5.76 Å². The third-order valence-corrected chi connectivity index (χ3v) is 9.69.